The number of rotatable bonds is 2. The highest BCUT2D eigenvalue weighted by Gasteiger charge is 2.43. The molecule has 6 heteroatoms. The van der Waals surface area contributed by atoms with E-state index in [1.54, 1.807) is 6.92 Å². The number of benzene rings is 1. The average molecular weight is 341 g/mol. The van der Waals surface area contributed by atoms with Crippen LogP contribution in [0.3, 0.4) is 0 Å². The van der Waals surface area contributed by atoms with E-state index in [4.69, 9.17) is 9.26 Å². The SMILES string of the molecule is Cc1oncc1C(=O)N[C@@H]1CC2(CCN(C)CC2)Oc2ccccc21. The van der Waals surface area contributed by atoms with Gasteiger partial charge in [0.2, 0.25) is 0 Å². The van der Waals surface area contributed by atoms with Gasteiger partial charge in [0.1, 0.15) is 22.7 Å². The molecule has 0 aliphatic carbocycles. The van der Waals surface area contributed by atoms with Crippen LogP contribution in [-0.4, -0.2) is 41.7 Å². The topological polar surface area (TPSA) is 67.6 Å². The number of fused-ring (bicyclic) bond motifs is 1. The van der Waals surface area contributed by atoms with E-state index in [0.29, 0.717) is 11.3 Å². The van der Waals surface area contributed by atoms with Crippen LogP contribution in [0.4, 0.5) is 0 Å². The van der Waals surface area contributed by atoms with Crippen molar-refractivity contribution in [1.29, 1.82) is 0 Å². The Morgan fingerprint density at radius 1 is 1.32 bits per heavy atom. The molecule has 1 spiro atoms. The van der Waals surface area contributed by atoms with Gasteiger partial charge < -0.3 is 19.5 Å². The minimum absolute atomic E-state index is 0.0739. The average Bonchev–Trinajstić information content (AvgIpc) is 3.04. The van der Waals surface area contributed by atoms with Gasteiger partial charge in [0.05, 0.1) is 12.2 Å². The number of para-hydroxylation sites is 1. The molecule has 0 radical (unpaired) electrons. The van der Waals surface area contributed by atoms with Crippen LogP contribution in [0.1, 0.15) is 47.0 Å². The molecule has 0 bridgehead atoms. The molecule has 1 fully saturated rings. The monoisotopic (exact) mass is 341 g/mol. The Morgan fingerprint density at radius 3 is 2.80 bits per heavy atom. The molecular weight excluding hydrogens is 318 g/mol. The standard InChI is InChI=1S/C19H23N3O3/c1-13-15(12-20-25-13)18(23)21-16-11-19(7-9-22(2)10-8-19)24-17-6-4-3-5-14(16)17/h3-6,12,16H,7-11H2,1-2H3,(H,21,23)/t16-/m1/s1. The summed E-state index contributed by atoms with van der Waals surface area (Å²) in [5, 5.41) is 6.87. The van der Waals surface area contributed by atoms with E-state index in [0.717, 1.165) is 43.7 Å². The van der Waals surface area contributed by atoms with E-state index < -0.39 is 0 Å². The molecule has 0 unspecified atom stereocenters. The number of nitrogens with zero attached hydrogens (tertiary/aromatic N) is 2. The van der Waals surface area contributed by atoms with E-state index in [-0.39, 0.29) is 17.6 Å². The quantitative estimate of drug-likeness (QED) is 0.910. The minimum Gasteiger partial charge on any atom is -0.487 e. The molecule has 132 valence electrons. The lowest BCUT2D eigenvalue weighted by Gasteiger charge is -2.46. The summed E-state index contributed by atoms with van der Waals surface area (Å²) < 4.78 is 11.5. The summed E-state index contributed by atoms with van der Waals surface area (Å²) in [5.74, 6) is 1.26. The van der Waals surface area contributed by atoms with Crippen LogP contribution in [-0.2, 0) is 0 Å². The third-order valence-corrected chi connectivity index (χ3v) is 5.40. The summed E-state index contributed by atoms with van der Waals surface area (Å²) >= 11 is 0. The molecular formula is C19H23N3O3. The van der Waals surface area contributed by atoms with E-state index in [9.17, 15) is 4.79 Å². The van der Waals surface area contributed by atoms with Crippen LogP contribution in [0.25, 0.3) is 0 Å². The second-order valence-electron chi connectivity index (χ2n) is 7.15. The van der Waals surface area contributed by atoms with Gasteiger partial charge in [-0.1, -0.05) is 23.4 Å². The summed E-state index contributed by atoms with van der Waals surface area (Å²) in [6.07, 6.45) is 4.20. The zero-order chi connectivity index (χ0) is 17.4. The van der Waals surface area contributed by atoms with Gasteiger partial charge in [-0.3, -0.25) is 4.79 Å². The van der Waals surface area contributed by atoms with Crippen LogP contribution in [0.5, 0.6) is 5.75 Å². The smallest absolute Gasteiger partial charge is 0.256 e. The van der Waals surface area contributed by atoms with Crippen LogP contribution < -0.4 is 10.1 Å². The second kappa shape index (κ2) is 6.19. The molecule has 2 aromatic rings. The van der Waals surface area contributed by atoms with Crippen molar-refractivity contribution < 1.29 is 14.1 Å². The van der Waals surface area contributed by atoms with Crippen molar-refractivity contribution in [2.24, 2.45) is 0 Å². The van der Waals surface area contributed by atoms with E-state index in [1.165, 1.54) is 6.20 Å². The lowest BCUT2D eigenvalue weighted by atomic mass is 9.80. The zero-order valence-electron chi connectivity index (χ0n) is 14.6. The van der Waals surface area contributed by atoms with Crippen molar-refractivity contribution in [3.8, 4) is 5.75 Å². The van der Waals surface area contributed by atoms with Gasteiger partial charge in [-0.15, -0.1) is 0 Å². The molecule has 2 aliphatic rings. The molecule has 1 aromatic heterocycles. The van der Waals surface area contributed by atoms with Crippen molar-refractivity contribution in [2.75, 3.05) is 20.1 Å². The molecule has 1 atom stereocenters. The molecule has 1 amide bonds. The summed E-state index contributed by atoms with van der Waals surface area (Å²) in [6.45, 7) is 3.76. The molecule has 1 N–H and O–H groups in total. The number of hydrogen-bond acceptors (Lipinski definition) is 5. The molecule has 3 heterocycles. The molecule has 1 saturated heterocycles. The van der Waals surface area contributed by atoms with Crippen LogP contribution in [0.15, 0.2) is 35.0 Å². The zero-order valence-corrected chi connectivity index (χ0v) is 14.6. The fourth-order valence-electron chi connectivity index (χ4n) is 3.83. The van der Waals surface area contributed by atoms with Crippen molar-refractivity contribution in [2.45, 2.75) is 37.8 Å². The van der Waals surface area contributed by atoms with Gasteiger partial charge in [-0.25, -0.2) is 0 Å². The Bertz CT molecular complexity index is 778. The summed E-state index contributed by atoms with van der Waals surface area (Å²) in [7, 11) is 2.14. The fourth-order valence-corrected chi connectivity index (χ4v) is 3.83. The van der Waals surface area contributed by atoms with Gasteiger partial charge >= 0.3 is 0 Å². The predicted octanol–water partition coefficient (Wildman–Crippen LogP) is 2.70. The van der Waals surface area contributed by atoms with E-state index in [1.807, 2.05) is 24.3 Å². The van der Waals surface area contributed by atoms with E-state index >= 15 is 0 Å². The molecule has 4 rings (SSSR count). The van der Waals surface area contributed by atoms with Crippen LogP contribution in [0.2, 0.25) is 0 Å². The van der Waals surface area contributed by atoms with Crippen molar-refractivity contribution in [3.05, 3.63) is 47.3 Å². The number of carbonyl (C=O) groups is 1. The number of nitrogens with one attached hydrogen (secondary N) is 1. The largest absolute Gasteiger partial charge is 0.487 e. The highest BCUT2D eigenvalue weighted by atomic mass is 16.5. The highest BCUT2D eigenvalue weighted by Crippen LogP contribution is 2.44. The Hall–Kier alpha value is -2.34. The lowest BCUT2D eigenvalue weighted by Crippen LogP contribution is -2.51. The van der Waals surface area contributed by atoms with Gasteiger partial charge in [-0.2, -0.15) is 0 Å². The van der Waals surface area contributed by atoms with Gasteiger partial charge in [0, 0.05) is 25.1 Å². The van der Waals surface area contributed by atoms with Crippen molar-refractivity contribution >= 4 is 5.91 Å². The number of amides is 1. The van der Waals surface area contributed by atoms with Crippen LogP contribution in [0, 0.1) is 6.92 Å². The fraction of sp³-hybridized carbons (Fsp3) is 0.474. The number of ether oxygens (including phenoxy) is 1. The number of hydrogen-bond donors (Lipinski definition) is 1. The van der Waals surface area contributed by atoms with Gasteiger partial charge in [0.25, 0.3) is 5.91 Å². The first-order chi connectivity index (χ1) is 12.1. The normalized spacial score (nSPS) is 22.2. The first kappa shape index (κ1) is 16.1. The lowest BCUT2D eigenvalue weighted by molar-refractivity contribution is -0.0195. The Balaban J connectivity index is 1.61. The predicted molar refractivity (Wildman–Crippen MR) is 92.6 cm³/mol. The molecule has 1 aromatic carbocycles. The van der Waals surface area contributed by atoms with Gasteiger partial charge in [-0.05, 0) is 32.9 Å². The van der Waals surface area contributed by atoms with Crippen molar-refractivity contribution in [1.82, 2.24) is 15.4 Å². The summed E-state index contributed by atoms with van der Waals surface area (Å²) in [4.78, 5) is 15.0. The molecule has 25 heavy (non-hydrogen) atoms. The molecule has 6 nitrogen and oxygen atoms in total. The summed E-state index contributed by atoms with van der Waals surface area (Å²) in [5.41, 5.74) is 1.32. The number of aromatic nitrogens is 1. The maximum absolute atomic E-state index is 12.7. The van der Waals surface area contributed by atoms with E-state index in [2.05, 4.69) is 22.4 Å². The first-order valence-corrected chi connectivity index (χ1v) is 8.75. The molecule has 0 saturated carbocycles. The molecule has 2 aliphatic heterocycles. The third kappa shape index (κ3) is 3.02. The van der Waals surface area contributed by atoms with Crippen molar-refractivity contribution in [3.63, 3.8) is 0 Å². The highest BCUT2D eigenvalue weighted by molar-refractivity contribution is 5.95. The number of carbonyl (C=O) groups excluding carboxylic acids is 1. The maximum atomic E-state index is 12.7. The number of likely N-dealkylation sites (tertiary alicyclic amines) is 1. The third-order valence-electron chi connectivity index (χ3n) is 5.40. The number of aryl methyl sites for hydroxylation is 1. The Labute approximate surface area is 147 Å². The Morgan fingerprint density at radius 2 is 2.08 bits per heavy atom. The number of piperidine rings is 1. The summed E-state index contributed by atoms with van der Waals surface area (Å²) in [6, 6.07) is 7.92. The second-order valence-corrected chi connectivity index (χ2v) is 7.15. The Kier molecular flexibility index (Phi) is 4.00. The minimum atomic E-state index is -0.206. The van der Waals surface area contributed by atoms with Crippen LogP contribution >= 0.6 is 0 Å². The van der Waals surface area contributed by atoms with Gasteiger partial charge in [0.15, 0.2) is 0 Å². The first-order valence-electron chi connectivity index (χ1n) is 8.75. The maximum Gasteiger partial charge on any atom is 0.256 e.